The Balaban J connectivity index is 2.33. The van der Waals surface area contributed by atoms with Crippen molar-refractivity contribution >= 4 is 21.9 Å². The van der Waals surface area contributed by atoms with E-state index >= 15 is 0 Å². The first-order valence-electron chi connectivity index (χ1n) is 4.67. The number of carbonyl (C=O) groups excluding carboxylic acids is 1. The van der Waals surface area contributed by atoms with Gasteiger partial charge in [-0.15, -0.1) is 0 Å². The van der Waals surface area contributed by atoms with E-state index in [1.165, 1.54) is 7.11 Å². The predicted octanol–water partition coefficient (Wildman–Crippen LogP) is 1.87. The number of ether oxygens (including phenoxy) is 1. The molecule has 15 heavy (non-hydrogen) atoms. The number of nitrogens with two attached hydrogens (primary N) is 1. The maximum absolute atomic E-state index is 10.9. The molecule has 5 heteroatoms. The monoisotopic (exact) mass is 275 g/mol. The Labute approximate surface area is 96.9 Å². The van der Waals surface area contributed by atoms with Crippen LogP contribution in [0.15, 0.2) is 21.2 Å². The van der Waals surface area contributed by atoms with Crippen LogP contribution in [0, 0.1) is 0 Å². The highest BCUT2D eigenvalue weighted by Gasteiger charge is 2.11. The number of rotatable bonds is 5. The standard InChI is InChI=1S/C10H14BrNO3/c1-14-10(13)3-2-7(12)6-9-8(11)4-5-15-9/h4-5,7H,2-3,6,12H2,1H3. The average molecular weight is 276 g/mol. The molecule has 0 aromatic carbocycles. The smallest absolute Gasteiger partial charge is 0.305 e. The van der Waals surface area contributed by atoms with Gasteiger partial charge in [0.2, 0.25) is 0 Å². The Hall–Kier alpha value is -0.810. The lowest BCUT2D eigenvalue weighted by molar-refractivity contribution is -0.140. The second-order valence-corrected chi connectivity index (χ2v) is 4.13. The third-order valence-corrected chi connectivity index (χ3v) is 2.79. The molecule has 0 radical (unpaired) electrons. The van der Waals surface area contributed by atoms with E-state index in [1.807, 2.05) is 6.07 Å². The summed E-state index contributed by atoms with van der Waals surface area (Å²) in [6.45, 7) is 0. The van der Waals surface area contributed by atoms with E-state index in [2.05, 4.69) is 20.7 Å². The second-order valence-electron chi connectivity index (χ2n) is 3.27. The van der Waals surface area contributed by atoms with Crippen LogP contribution in [0.4, 0.5) is 0 Å². The van der Waals surface area contributed by atoms with Gasteiger partial charge >= 0.3 is 5.97 Å². The fourth-order valence-electron chi connectivity index (χ4n) is 1.22. The van der Waals surface area contributed by atoms with Crippen LogP contribution >= 0.6 is 15.9 Å². The van der Waals surface area contributed by atoms with Crippen LogP contribution in [-0.2, 0) is 16.0 Å². The number of esters is 1. The molecule has 0 spiro atoms. The van der Waals surface area contributed by atoms with E-state index in [-0.39, 0.29) is 12.0 Å². The number of furan rings is 1. The fourth-order valence-corrected chi connectivity index (χ4v) is 1.58. The lowest BCUT2D eigenvalue weighted by Crippen LogP contribution is -2.24. The van der Waals surface area contributed by atoms with Gasteiger partial charge in [-0.3, -0.25) is 4.79 Å². The van der Waals surface area contributed by atoms with Crippen LogP contribution in [0.2, 0.25) is 0 Å². The van der Waals surface area contributed by atoms with Crippen LogP contribution in [0.5, 0.6) is 0 Å². The molecular formula is C10H14BrNO3. The number of hydrogen-bond donors (Lipinski definition) is 1. The highest BCUT2D eigenvalue weighted by molar-refractivity contribution is 9.10. The molecule has 0 aliphatic rings. The first-order valence-corrected chi connectivity index (χ1v) is 5.47. The number of hydrogen-bond acceptors (Lipinski definition) is 4. The summed E-state index contributed by atoms with van der Waals surface area (Å²) < 4.78 is 10.7. The Morgan fingerprint density at radius 2 is 2.47 bits per heavy atom. The molecule has 1 atom stereocenters. The van der Waals surface area contributed by atoms with E-state index in [9.17, 15) is 4.79 Å². The Bertz CT molecular complexity index is 324. The van der Waals surface area contributed by atoms with E-state index < -0.39 is 0 Å². The van der Waals surface area contributed by atoms with Crippen molar-refractivity contribution in [3.05, 3.63) is 22.6 Å². The normalized spacial score (nSPS) is 12.5. The molecule has 0 amide bonds. The zero-order valence-electron chi connectivity index (χ0n) is 8.53. The highest BCUT2D eigenvalue weighted by atomic mass is 79.9. The van der Waals surface area contributed by atoms with Gasteiger partial charge in [0.1, 0.15) is 5.76 Å². The van der Waals surface area contributed by atoms with E-state index in [4.69, 9.17) is 10.2 Å². The van der Waals surface area contributed by atoms with Gasteiger partial charge < -0.3 is 14.9 Å². The maximum Gasteiger partial charge on any atom is 0.305 e. The Morgan fingerprint density at radius 1 is 1.73 bits per heavy atom. The molecule has 0 saturated heterocycles. The summed E-state index contributed by atoms with van der Waals surface area (Å²) in [6.07, 6.45) is 3.16. The van der Waals surface area contributed by atoms with Crippen molar-refractivity contribution in [3.8, 4) is 0 Å². The van der Waals surface area contributed by atoms with Gasteiger partial charge in [0.05, 0.1) is 17.8 Å². The lowest BCUT2D eigenvalue weighted by atomic mass is 10.1. The summed E-state index contributed by atoms with van der Waals surface area (Å²) in [5, 5.41) is 0. The largest absolute Gasteiger partial charge is 0.469 e. The van der Waals surface area contributed by atoms with Crippen LogP contribution in [0.1, 0.15) is 18.6 Å². The zero-order chi connectivity index (χ0) is 11.3. The first kappa shape index (κ1) is 12.3. The van der Waals surface area contributed by atoms with Gasteiger partial charge in [0, 0.05) is 18.9 Å². The molecule has 1 aromatic rings. The minimum absolute atomic E-state index is 0.0912. The van der Waals surface area contributed by atoms with Crippen molar-refractivity contribution in [1.29, 1.82) is 0 Å². The quantitative estimate of drug-likeness (QED) is 0.834. The number of methoxy groups -OCH3 is 1. The molecule has 1 rings (SSSR count). The molecular weight excluding hydrogens is 262 g/mol. The van der Waals surface area contributed by atoms with Crippen LogP contribution in [0.25, 0.3) is 0 Å². The van der Waals surface area contributed by atoms with Crippen molar-refractivity contribution in [3.63, 3.8) is 0 Å². The average Bonchev–Trinajstić information content (AvgIpc) is 2.61. The van der Waals surface area contributed by atoms with Crippen molar-refractivity contribution in [1.82, 2.24) is 0 Å². The van der Waals surface area contributed by atoms with Crippen LogP contribution in [0.3, 0.4) is 0 Å². The minimum atomic E-state index is -0.232. The van der Waals surface area contributed by atoms with Gasteiger partial charge in [-0.1, -0.05) is 0 Å². The topological polar surface area (TPSA) is 65.5 Å². The summed E-state index contributed by atoms with van der Waals surface area (Å²) in [6, 6.07) is 1.73. The Morgan fingerprint density at radius 3 is 3.00 bits per heavy atom. The number of carbonyl (C=O) groups is 1. The lowest BCUT2D eigenvalue weighted by Gasteiger charge is -2.08. The summed E-state index contributed by atoms with van der Waals surface area (Å²) in [4.78, 5) is 10.9. The third kappa shape index (κ3) is 4.05. The summed E-state index contributed by atoms with van der Waals surface area (Å²) in [7, 11) is 1.37. The van der Waals surface area contributed by atoms with Gasteiger partial charge in [-0.25, -0.2) is 0 Å². The third-order valence-electron chi connectivity index (χ3n) is 2.09. The van der Waals surface area contributed by atoms with Gasteiger partial charge in [-0.05, 0) is 28.4 Å². The molecule has 0 saturated carbocycles. The molecule has 2 N–H and O–H groups in total. The van der Waals surface area contributed by atoms with E-state index in [0.29, 0.717) is 19.3 Å². The molecule has 1 aromatic heterocycles. The van der Waals surface area contributed by atoms with Crippen molar-refractivity contribution in [2.75, 3.05) is 7.11 Å². The zero-order valence-corrected chi connectivity index (χ0v) is 10.1. The summed E-state index contributed by atoms with van der Waals surface area (Å²) >= 11 is 3.35. The van der Waals surface area contributed by atoms with Gasteiger partial charge in [0.25, 0.3) is 0 Å². The predicted molar refractivity (Wildman–Crippen MR) is 59.3 cm³/mol. The maximum atomic E-state index is 10.9. The molecule has 4 nitrogen and oxygen atoms in total. The van der Waals surface area contributed by atoms with Gasteiger partial charge in [0.15, 0.2) is 0 Å². The molecule has 0 fully saturated rings. The molecule has 1 unspecified atom stereocenters. The van der Waals surface area contributed by atoms with Crippen molar-refractivity contribution in [2.45, 2.75) is 25.3 Å². The molecule has 0 bridgehead atoms. The molecule has 0 aliphatic carbocycles. The highest BCUT2D eigenvalue weighted by Crippen LogP contribution is 2.19. The van der Waals surface area contributed by atoms with E-state index in [1.54, 1.807) is 6.26 Å². The second kappa shape index (κ2) is 5.92. The molecule has 0 aliphatic heterocycles. The first-order chi connectivity index (χ1) is 7.13. The van der Waals surface area contributed by atoms with E-state index in [0.717, 1.165) is 10.2 Å². The minimum Gasteiger partial charge on any atom is -0.469 e. The Kier molecular flexibility index (Phi) is 4.84. The van der Waals surface area contributed by atoms with Crippen molar-refractivity contribution < 1.29 is 13.9 Å². The fraction of sp³-hybridized carbons (Fsp3) is 0.500. The van der Waals surface area contributed by atoms with Crippen LogP contribution in [-0.4, -0.2) is 19.1 Å². The SMILES string of the molecule is COC(=O)CCC(N)Cc1occc1Br. The van der Waals surface area contributed by atoms with Crippen LogP contribution < -0.4 is 5.73 Å². The number of halogens is 1. The van der Waals surface area contributed by atoms with Crippen molar-refractivity contribution in [2.24, 2.45) is 5.73 Å². The van der Waals surface area contributed by atoms with Gasteiger partial charge in [-0.2, -0.15) is 0 Å². The molecule has 84 valence electrons. The summed E-state index contributed by atoms with van der Waals surface area (Å²) in [5.41, 5.74) is 5.85. The molecule has 1 heterocycles. The summed E-state index contributed by atoms with van der Waals surface area (Å²) in [5.74, 6) is 0.580.